The van der Waals surface area contributed by atoms with Crippen LogP contribution in [0.1, 0.15) is 39.7 Å². The summed E-state index contributed by atoms with van der Waals surface area (Å²) in [6.45, 7) is 8.57. The average molecular weight is 343 g/mol. The summed E-state index contributed by atoms with van der Waals surface area (Å²) < 4.78 is 7.69. The number of rotatable bonds is 4. The van der Waals surface area contributed by atoms with Crippen molar-refractivity contribution < 1.29 is 9.53 Å². The summed E-state index contributed by atoms with van der Waals surface area (Å²) >= 11 is 0. The summed E-state index contributed by atoms with van der Waals surface area (Å²) in [5.41, 5.74) is 1.35. The lowest BCUT2D eigenvalue weighted by Crippen LogP contribution is -2.49. The van der Waals surface area contributed by atoms with Crippen molar-refractivity contribution >= 4 is 6.03 Å². The van der Waals surface area contributed by atoms with Gasteiger partial charge in [-0.3, -0.25) is 0 Å². The van der Waals surface area contributed by atoms with E-state index in [1.54, 1.807) is 11.0 Å². The molecule has 7 heteroatoms. The van der Waals surface area contributed by atoms with Gasteiger partial charge in [0.1, 0.15) is 12.7 Å². The second-order valence-electron chi connectivity index (χ2n) is 7.56. The van der Waals surface area contributed by atoms with Gasteiger partial charge in [-0.05, 0) is 51.8 Å². The standard InChI is InChI=1S/C18H25N5O2/c1-17(2)9-15(18(3,4)25-17)22-16(24)20-10-13-5-7-14(8-6-13)23-12-19-11-21-23/h5-8,11-12,15H,9-10H2,1-4H3,(H2,20,22,24). The van der Waals surface area contributed by atoms with Crippen LogP contribution in [0.15, 0.2) is 36.9 Å². The van der Waals surface area contributed by atoms with Gasteiger partial charge in [-0.2, -0.15) is 5.10 Å². The summed E-state index contributed by atoms with van der Waals surface area (Å²) in [7, 11) is 0. The van der Waals surface area contributed by atoms with Crippen molar-refractivity contribution in [1.82, 2.24) is 25.4 Å². The van der Waals surface area contributed by atoms with Crippen LogP contribution in [0.25, 0.3) is 5.69 Å². The molecule has 25 heavy (non-hydrogen) atoms. The minimum Gasteiger partial charge on any atom is -0.367 e. The normalized spacial score (nSPS) is 21.0. The van der Waals surface area contributed by atoms with Gasteiger partial charge in [-0.25, -0.2) is 14.5 Å². The highest BCUT2D eigenvalue weighted by Crippen LogP contribution is 2.37. The van der Waals surface area contributed by atoms with Crippen LogP contribution >= 0.6 is 0 Å². The lowest BCUT2D eigenvalue weighted by atomic mass is 9.95. The summed E-state index contributed by atoms with van der Waals surface area (Å²) in [4.78, 5) is 16.2. The van der Waals surface area contributed by atoms with Crippen molar-refractivity contribution in [3.05, 3.63) is 42.5 Å². The molecular weight excluding hydrogens is 318 g/mol. The van der Waals surface area contributed by atoms with Crippen LogP contribution in [0.5, 0.6) is 0 Å². The van der Waals surface area contributed by atoms with Crippen molar-refractivity contribution in [1.29, 1.82) is 0 Å². The Morgan fingerprint density at radius 2 is 2.00 bits per heavy atom. The highest BCUT2D eigenvalue weighted by Gasteiger charge is 2.46. The van der Waals surface area contributed by atoms with E-state index in [0.29, 0.717) is 6.54 Å². The van der Waals surface area contributed by atoms with E-state index in [0.717, 1.165) is 17.7 Å². The molecule has 0 bridgehead atoms. The van der Waals surface area contributed by atoms with E-state index in [9.17, 15) is 4.79 Å². The van der Waals surface area contributed by atoms with E-state index in [1.165, 1.54) is 6.33 Å². The third-order valence-corrected chi connectivity index (χ3v) is 4.45. The van der Waals surface area contributed by atoms with Crippen molar-refractivity contribution in [2.45, 2.75) is 57.9 Å². The highest BCUT2D eigenvalue weighted by molar-refractivity contribution is 5.74. The van der Waals surface area contributed by atoms with E-state index in [4.69, 9.17) is 4.74 Å². The molecule has 1 aliphatic heterocycles. The molecule has 2 amide bonds. The second kappa shape index (κ2) is 6.48. The number of carbonyl (C=O) groups is 1. The molecule has 1 aromatic heterocycles. The summed E-state index contributed by atoms with van der Waals surface area (Å²) in [5, 5.41) is 10.0. The number of hydrogen-bond donors (Lipinski definition) is 2. The predicted octanol–water partition coefficient (Wildman–Crippen LogP) is 2.41. The molecule has 0 saturated carbocycles. The number of benzene rings is 1. The molecule has 1 saturated heterocycles. The van der Waals surface area contributed by atoms with E-state index in [2.05, 4.69) is 20.7 Å². The predicted molar refractivity (Wildman–Crippen MR) is 94.4 cm³/mol. The first-order valence-corrected chi connectivity index (χ1v) is 8.44. The number of urea groups is 1. The number of ether oxygens (including phenoxy) is 1. The Balaban J connectivity index is 1.52. The maximum atomic E-state index is 12.2. The molecule has 0 spiro atoms. The minimum atomic E-state index is -0.375. The lowest BCUT2D eigenvalue weighted by Gasteiger charge is -2.27. The molecule has 0 radical (unpaired) electrons. The van der Waals surface area contributed by atoms with Crippen LogP contribution in [0.3, 0.4) is 0 Å². The van der Waals surface area contributed by atoms with Crippen LogP contribution in [-0.2, 0) is 11.3 Å². The van der Waals surface area contributed by atoms with E-state index in [-0.39, 0.29) is 23.3 Å². The first kappa shape index (κ1) is 17.4. The summed E-state index contributed by atoms with van der Waals surface area (Å²) in [5.74, 6) is 0. The minimum absolute atomic E-state index is 0.0165. The second-order valence-corrected chi connectivity index (χ2v) is 7.56. The molecule has 1 aliphatic rings. The van der Waals surface area contributed by atoms with Crippen molar-refractivity contribution in [2.75, 3.05) is 0 Å². The molecule has 134 valence electrons. The Morgan fingerprint density at radius 1 is 1.28 bits per heavy atom. The SMILES string of the molecule is CC1(C)CC(NC(=O)NCc2ccc(-n3cncn3)cc2)C(C)(C)O1. The number of hydrogen-bond acceptors (Lipinski definition) is 4. The molecule has 7 nitrogen and oxygen atoms in total. The van der Waals surface area contributed by atoms with Crippen LogP contribution in [-0.4, -0.2) is 38.0 Å². The van der Waals surface area contributed by atoms with Crippen LogP contribution in [0, 0.1) is 0 Å². The fraction of sp³-hybridized carbons (Fsp3) is 0.500. The maximum Gasteiger partial charge on any atom is 0.315 e. The van der Waals surface area contributed by atoms with E-state index < -0.39 is 0 Å². The molecule has 1 atom stereocenters. The fourth-order valence-electron chi connectivity index (χ4n) is 3.29. The van der Waals surface area contributed by atoms with Gasteiger partial charge < -0.3 is 15.4 Å². The van der Waals surface area contributed by atoms with Crippen molar-refractivity contribution in [3.63, 3.8) is 0 Å². The van der Waals surface area contributed by atoms with E-state index >= 15 is 0 Å². The van der Waals surface area contributed by atoms with Gasteiger partial charge >= 0.3 is 6.03 Å². The monoisotopic (exact) mass is 343 g/mol. The summed E-state index contributed by atoms with van der Waals surface area (Å²) in [6, 6.07) is 7.61. The molecular formula is C18H25N5O2. The molecule has 0 aliphatic carbocycles. The third kappa shape index (κ3) is 4.17. The number of nitrogens with zero attached hydrogens (tertiary/aromatic N) is 3. The van der Waals surface area contributed by atoms with Gasteiger partial charge in [-0.1, -0.05) is 12.1 Å². The van der Waals surface area contributed by atoms with Crippen molar-refractivity contribution in [2.24, 2.45) is 0 Å². The Morgan fingerprint density at radius 3 is 2.56 bits per heavy atom. The number of carbonyl (C=O) groups excluding carboxylic acids is 1. The zero-order valence-electron chi connectivity index (χ0n) is 15.1. The smallest absolute Gasteiger partial charge is 0.315 e. The molecule has 2 heterocycles. The topological polar surface area (TPSA) is 81.1 Å². The quantitative estimate of drug-likeness (QED) is 0.893. The molecule has 2 N–H and O–H groups in total. The first-order valence-electron chi connectivity index (χ1n) is 8.44. The zero-order chi connectivity index (χ0) is 18.1. The largest absolute Gasteiger partial charge is 0.367 e. The Hall–Kier alpha value is -2.41. The fourth-order valence-corrected chi connectivity index (χ4v) is 3.29. The zero-order valence-corrected chi connectivity index (χ0v) is 15.1. The van der Waals surface area contributed by atoms with Gasteiger partial charge in [-0.15, -0.1) is 0 Å². The highest BCUT2D eigenvalue weighted by atomic mass is 16.5. The van der Waals surface area contributed by atoms with Gasteiger partial charge in [0.05, 0.1) is 22.9 Å². The van der Waals surface area contributed by atoms with Crippen LogP contribution < -0.4 is 10.6 Å². The Labute approximate surface area is 147 Å². The first-order chi connectivity index (χ1) is 11.8. The van der Waals surface area contributed by atoms with Crippen LogP contribution in [0.4, 0.5) is 4.79 Å². The number of aromatic nitrogens is 3. The van der Waals surface area contributed by atoms with Crippen LogP contribution in [0.2, 0.25) is 0 Å². The number of amides is 2. The summed E-state index contributed by atoms with van der Waals surface area (Å²) in [6.07, 6.45) is 3.93. The van der Waals surface area contributed by atoms with E-state index in [1.807, 2.05) is 52.0 Å². The number of nitrogens with one attached hydrogen (secondary N) is 2. The maximum absolute atomic E-state index is 12.2. The molecule has 1 fully saturated rings. The average Bonchev–Trinajstić information content (AvgIpc) is 3.12. The van der Waals surface area contributed by atoms with Gasteiger partial charge in [0, 0.05) is 6.54 Å². The molecule has 1 unspecified atom stereocenters. The van der Waals surface area contributed by atoms with Crippen molar-refractivity contribution in [3.8, 4) is 5.69 Å². The molecule has 3 rings (SSSR count). The Bertz CT molecular complexity index is 722. The molecule has 1 aromatic carbocycles. The molecule has 2 aromatic rings. The van der Waals surface area contributed by atoms with Gasteiger partial charge in [0.2, 0.25) is 0 Å². The van der Waals surface area contributed by atoms with Gasteiger partial charge in [0.15, 0.2) is 0 Å². The third-order valence-electron chi connectivity index (χ3n) is 4.45. The lowest BCUT2D eigenvalue weighted by molar-refractivity contribution is -0.0690. The van der Waals surface area contributed by atoms with Gasteiger partial charge in [0.25, 0.3) is 0 Å². The Kier molecular flexibility index (Phi) is 4.51.